The van der Waals surface area contributed by atoms with E-state index in [0.717, 1.165) is 5.56 Å². The molecule has 1 amide bonds. The molecule has 0 bridgehead atoms. The molecule has 2 aromatic carbocycles. The maximum atomic E-state index is 12.0. The largest absolute Gasteiger partial charge is 0.508 e. The third-order valence-electron chi connectivity index (χ3n) is 3.22. The van der Waals surface area contributed by atoms with Crippen LogP contribution in [0.5, 0.6) is 5.75 Å². The van der Waals surface area contributed by atoms with Crippen molar-refractivity contribution in [3.63, 3.8) is 0 Å². The number of hydrogen-bond donors (Lipinski definition) is 3. The lowest BCUT2D eigenvalue weighted by Crippen LogP contribution is -2.43. The Hall–Kier alpha value is -2.82. The summed E-state index contributed by atoms with van der Waals surface area (Å²) >= 11 is 0. The van der Waals surface area contributed by atoms with Crippen LogP contribution in [0.25, 0.3) is 0 Å². The number of phenolic OH excluding ortho intramolecular Hbond substituents is 1. The molecule has 0 saturated heterocycles. The number of benzene rings is 2. The number of rotatable bonds is 6. The first kappa shape index (κ1) is 15.6. The highest BCUT2D eigenvalue weighted by atomic mass is 16.4. The second kappa shape index (κ2) is 7.26. The van der Waals surface area contributed by atoms with E-state index in [1.54, 1.807) is 12.1 Å². The van der Waals surface area contributed by atoms with E-state index in [4.69, 9.17) is 0 Å². The molecule has 0 unspecified atom stereocenters. The van der Waals surface area contributed by atoms with Crippen LogP contribution < -0.4 is 5.32 Å². The Balaban J connectivity index is 1.97. The molecule has 1 atom stereocenters. The van der Waals surface area contributed by atoms with Crippen molar-refractivity contribution in [3.05, 3.63) is 65.7 Å². The van der Waals surface area contributed by atoms with Crippen LogP contribution >= 0.6 is 0 Å². The zero-order valence-electron chi connectivity index (χ0n) is 11.9. The van der Waals surface area contributed by atoms with Crippen LogP contribution in [0.15, 0.2) is 54.6 Å². The zero-order valence-corrected chi connectivity index (χ0v) is 11.9. The molecule has 0 spiro atoms. The Kier molecular flexibility index (Phi) is 5.14. The topological polar surface area (TPSA) is 86.6 Å². The van der Waals surface area contributed by atoms with Gasteiger partial charge in [0.1, 0.15) is 11.8 Å². The minimum atomic E-state index is -1.07. The fourth-order valence-electron chi connectivity index (χ4n) is 2.09. The second-order valence-electron chi connectivity index (χ2n) is 4.99. The molecule has 0 heterocycles. The Morgan fingerprint density at radius 3 is 2.18 bits per heavy atom. The molecule has 0 aromatic heterocycles. The van der Waals surface area contributed by atoms with Gasteiger partial charge >= 0.3 is 5.97 Å². The van der Waals surface area contributed by atoms with Gasteiger partial charge in [-0.15, -0.1) is 0 Å². The SMILES string of the molecule is O=C(Cc1ccc(O)cc1)N[C@H](Cc1ccccc1)C(=O)O. The maximum Gasteiger partial charge on any atom is 0.326 e. The first-order valence-electron chi connectivity index (χ1n) is 6.88. The third kappa shape index (κ3) is 4.63. The average Bonchev–Trinajstić information content (AvgIpc) is 2.50. The molecule has 0 saturated carbocycles. The van der Waals surface area contributed by atoms with Gasteiger partial charge in [-0.1, -0.05) is 42.5 Å². The van der Waals surface area contributed by atoms with Gasteiger partial charge in [0.2, 0.25) is 5.91 Å². The predicted molar refractivity (Wildman–Crippen MR) is 81.5 cm³/mol. The van der Waals surface area contributed by atoms with Crippen LogP contribution in [-0.2, 0) is 22.4 Å². The molecular formula is C17H17NO4. The van der Waals surface area contributed by atoms with Gasteiger partial charge in [-0.3, -0.25) is 4.79 Å². The lowest BCUT2D eigenvalue weighted by Gasteiger charge is -2.14. The number of carbonyl (C=O) groups is 2. The molecule has 22 heavy (non-hydrogen) atoms. The van der Waals surface area contributed by atoms with Crippen molar-refractivity contribution < 1.29 is 19.8 Å². The highest BCUT2D eigenvalue weighted by Crippen LogP contribution is 2.10. The van der Waals surface area contributed by atoms with Crippen molar-refractivity contribution in [2.45, 2.75) is 18.9 Å². The normalized spacial score (nSPS) is 11.6. The van der Waals surface area contributed by atoms with Crippen LogP contribution in [0.2, 0.25) is 0 Å². The van der Waals surface area contributed by atoms with Crippen molar-refractivity contribution in [1.29, 1.82) is 0 Å². The van der Waals surface area contributed by atoms with E-state index < -0.39 is 12.0 Å². The van der Waals surface area contributed by atoms with Crippen LogP contribution in [-0.4, -0.2) is 28.1 Å². The predicted octanol–water partition coefficient (Wildman–Crippen LogP) is 1.75. The molecule has 0 aliphatic rings. The van der Waals surface area contributed by atoms with Crippen LogP contribution in [0.3, 0.4) is 0 Å². The molecule has 2 aromatic rings. The molecule has 5 heteroatoms. The van der Waals surface area contributed by atoms with Gasteiger partial charge in [0.25, 0.3) is 0 Å². The Bertz CT molecular complexity index is 637. The number of carboxylic acid groups (broad SMARTS) is 1. The fourth-order valence-corrected chi connectivity index (χ4v) is 2.09. The quantitative estimate of drug-likeness (QED) is 0.758. The minimum absolute atomic E-state index is 0.0683. The summed E-state index contributed by atoms with van der Waals surface area (Å²) in [6.45, 7) is 0. The molecule has 5 nitrogen and oxygen atoms in total. The standard InChI is InChI=1S/C17H17NO4/c19-14-8-6-13(7-9-14)11-16(20)18-15(17(21)22)10-12-4-2-1-3-5-12/h1-9,15,19H,10-11H2,(H,18,20)(H,21,22)/t15-/m1/s1. The monoisotopic (exact) mass is 299 g/mol. The van der Waals surface area contributed by atoms with E-state index in [-0.39, 0.29) is 24.5 Å². The molecule has 0 fully saturated rings. The van der Waals surface area contributed by atoms with Crippen molar-refractivity contribution >= 4 is 11.9 Å². The summed E-state index contributed by atoms with van der Waals surface area (Å²) in [5.41, 5.74) is 1.55. The summed E-state index contributed by atoms with van der Waals surface area (Å²) in [5.74, 6) is -1.31. The lowest BCUT2D eigenvalue weighted by molar-refractivity contribution is -0.141. The molecule has 114 valence electrons. The lowest BCUT2D eigenvalue weighted by atomic mass is 10.1. The Morgan fingerprint density at radius 2 is 1.59 bits per heavy atom. The van der Waals surface area contributed by atoms with E-state index in [1.165, 1.54) is 12.1 Å². The summed E-state index contributed by atoms with van der Waals surface area (Å²) in [6.07, 6.45) is 0.302. The number of carboxylic acids is 1. The van der Waals surface area contributed by atoms with E-state index in [2.05, 4.69) is 5.32 Å². The first-order valence-corrected chi connectivity index (χ1v) is 6.88. The number of amides is 1. The van der Waals surface area contributed by atoms with Gasteiger partial charge in [0.15, 0.2) is 0 Å². The van der Waals surface area contributed by atoms with Crippen molar-refractivity contribution in [2.24, 2.45) is 0 Å². The smallest absolute Gasteiger partial charge is 0.326 e. The average molecular weight is 299 g/mol. The maximum absolute atomic E-state index is 12.0. The minimum Gasteiger partial charge on any atom is -0.508 e. The third-order valence-corrected chi connectivity index (χ3v) is 3.22. The van der Waals surface area contributed by atoms with Crippen LogP contribution in [0.1, 0.15) is 11.1 Å². The molecule has 3 N–H and O–H groups in total. The number of aliphatic carboxylic acids is 1. The molecule has 0 aliphatic carbocycles. The highest BCUT2D eigenvalue weighted by molar-refractivity contribution is 5.85. The van der Waals surface area contributed by atoms with Gasteiger partial charge in [0, 0.05) is 6.42 Å². The summed E-state index contributed by atoms with van der Waals surface area (Å²) in [4.78, 5) is 23.3. The number of carbonyl (C=O) groups excluding carboxylic acids is 1. The molecule has 2 rings (SSSR count). The fraction of sp³-hybridized carbons (Fsp3) is 0.176. The van der Waals surface area contributed by atoms with Gasteiger partial charge in [-0.25, -0.2) is 4.79 Å². The van der Waals surface area contributed by atoms with Gasteiger partial charge < -0.3 is 15.5 Å². The van der Waals surface area contributed by atoms with Crippen LogP contribution in [0, 0.1) is 0 Å². The summed E-state index contributed by atoms with van der Waals surface area (Å²) < 4.78 is 0. The molecule has 0 radical (unpaired) electrons. The van der Waals surface area contributed by atoms with Crippen LogP contribution in [0.4, 0.5) is 0 Å². The van der Waals surface area contributed by atoms with Gasteiger partial charge in [-0.05, 0) is 23.3 Å². The number of aromatic hydroxyl groups is 1. The Labute approximate surface area is 128 Å². The van der Waals surface area contributed by atoms with Crippen molar-refractivity contribution in [3.8, 4) is 5.75 Å². The molecular weight excluding hydrogens is 282 g/mol. The molecule has 0 aliphatic heterocycles. The number of hydrogen-bond acceptors (Lipinski definition) is 3. The highest BCUT2D eigenvalue weighted by Gasteiger charge is 2.20. The van der Waals surface area contributed by atoms with E-state index in [9.17, 15) is 19.8 Å². The van der Waals surface area contributed by atoms with E-state index in [1.807, 2.05) is 30.3 Å². The van der Waals surface area contributed by atoms with Crippen molar-refractivity contribution in [1.82, 2.24) is 5.32 Å². The Morgan fingerprint density at radius 1 is 0.955 bits per heavy atom. The number of nitrogens with one attached hydrogen (secondary N) is 1. The summed E-state index contributed by atoms with van der Waals surface area (Å²) in [5, 5.41) is 21.0. The van der Waals surface area contributed by atoms with Crippen molar-refractivity contribution in [2.75, 3.05) is 0 Å². The first-order chi connectivity index (χ1) is 10.5. The summed E-state index contributed by atoms with van der Waals surface area (Å²) in [6, 6.07) is 14.4. The second-order valence-corrected chi connectivity index (χ2v) is 4.99. The number of phenols is 1. The zero-order chi connectivity index (χ0) is 15.9. The van der Waals surface area contributed by atoms with E-state index >= 15 is 0 Å². The summed E-state index contributed by atoms with van der Waals surface area (Å²) in [7, 11) is 0. The van der Waals surface area contributed by atoms with Gasteiger partial charge in [-0.2, -0.15) is 0 Å². The van der Waals surface area contributed by atoms with Gasteiger partial charge in [0.05, 0.1) is 6.42 Å². The van der Waals surface area contributed by atoms with E-state index in [0.29, 0.717) is 5.56 Å².